The zero-order chi connectivity index (χ0) is 21.1. The van der Waals surface area contributed by atoms with Gasteiger partial charge < -0.3 is 15.1 Å². The minimum absolute atomic E-state index is 0.415. The highest BCUT2D eigenvalue weighted by atomic mass is 19.1. The molecule has 1 aromatic carbocycles. The van der Waals surface area contributed by atoms with Gasteiger partial charge in [0.05, 0.1) is 41.1 Å². The molecule has 2 aromatic heterocycles. The Morgan fingerprint density at radius 3 is 2.87 bits per heavy atom. The number of nitrogens with zero attached hydrogens (tertiary/aromatic N) is 5. The zero-order valence-corrected chi connectivity index (χ0v) is 16.6. The van der Waals surface area contributed by atoms with E-state index in [1.54, 1.807) is 12.3 Å². The van der Waals surface area contributed by atoms with Gasteiger partial charge in [0.25, 0.3) is 0 Å². The number of hydrogen-bond acceptors (Lipinski definition) is 6. The molecule has 0 unspecified atom stereocenters. The van der Waals surface area contributed by atoms with Crippen molar-refractivity contribution in [3.63, 3.8) is 0 Å². The third-order valence-electron chi connectivity index (χ3n) is 5.00. The number of pyridine rings is 2. The second-order valence-electron chi connectivity index (χ2n) is 7.12. The number of nitriles is 1. The third-order valence-corrected chi connectivity index (χ3v) is 5.00. The van der Waals surface area contributed by atoms with Gasteiger partial charge in [-0.3, -0.25) is 4.98 Å². The number of benzene rings is 1. The predicted molar refractivity (Wildman–Crippen MR) is 117 cm³/mol. The van der Waals surface area contributed by atoms with Crippen molar-refractivity contribution >= 4 is 17.2 Å². The van der Waals surface area contributed by atoms with Crippen molar-refractivity contribution in [3.05, 3.63) is 78.6 Å². The molecule has 3 heterocycles. The zero-order valence-electron chi connectivity index (χ0n) is 16.6. The van der Waals surface area contributed by atoms with E-state index in [1.165, 1.54) is 6.07 Å². The Morgan fingerprint density at radius 2 is 2.07 bits per heavy atom. The third kappa shape index (κ3) is 3.94. The van der Waals surface area contributed by atoms with E-state index < -0.39 is 5.82 Å². The summed E-state index contributed by atoms with van der Waals surface area (Å²) in [6.07, 6.45) is 3.62. The second kappa shape index (κ2) is 8.21. The molecule has 4 rings (SSSR count). The first-order valence-electron chi connectivity index (χ1n) is 9.62. The van der Waals surface area contributed by atoms with Crippen molar-refractivity contribution in [3.8, 4) is 17.3 Å². The fraction of sp³-hybridized carbons (Fsp3) is 0.174. The van der Waals surface area contributed by atoms with Gasteiger partial charge >= 0.3 is 0 Å². The molecule has 0 spiro atoms. The number of fused-ring (bicyclic) bond motifs is 1. The van der Waals surface area contributed by atoms with Crippen LogP contribution in [0.15, 0.2) is 67.3 Å². The Bertz CT molecular complexity index is 1140. The molecular formula is C23H21FN6. The lowest BCUT2D eigenvalue weighted by Crippen LogP contribution is -2.28. The van der Waals surface area contributed by atoms with E-state index in [1.807, 2.05) is 42.3 Å². The molecule has 0 saturated carbocycles. The fourth-order valence-corrected chi connectivity index (χ4v) is 3.52. The van der Waals surface area contributed by atoms with E-state index in [2.05, 4.69) is 27.8 Å². The first-order valence-corrected chi connectivity index (χ1v) is 9.62. The summed E-state index contributed by atoms with van der Waals surface area (Å²) in [5.41, 5.74) is 3.73. The van der Waals surface area contributed by atoms with Gasteiger partial charge in [0.15, 0.2) is 5.82 Å². The van der Waals surface area contributed by atoms with Gasteiger partial charge in [-0.1, -0.05) is 18.7 Å². The summed E-state index contributed by atoms with van der Waals surface area (Å²) < 4.78 is 13.5. The minimum Gasteiger partial charge on any atom is -0.372 e. The van der Waals surface area contributed by atoms with Crippen LogP contribution in [-0.2, 0) is 0 Å². The molecule has 0 fully saturated rings. The maximum Gasteiger partial charge on any atom is 0.158 e. The molecule has 0 atom stereocenters. The minimum atomic E-state index is -0.415. The van der Waals surface area contributed by atoms with Crippen molar-refractivity contribution in [2.45, 2.75) is 6.42 Å². The Kier molecular flexibility index (Phi) is 5.31. The lowest BCUT2D eigenvalue weighted by molar-refractivity contribution is 0.622. The number of rotatable bonds is 4. The first-order chi connectivity index (χ1) is 14.5. The van der Waals surface area contributed by atoms with Crippen LogP contribution in [0.2, 0.25) is 0 Å². The monoisotopic (exact) mass is 400 g/mol. The standard InChI is InChI=1S/C23H21FN6/c1-16(27-20-12-19(24)14-26-15-20)30-10-4-9-29(2)22-8-7-21(28-23(22)30)18-6-3-5-17(11-18)13-25/h3,5-8,11-12,14-15,27H,1,4,9-10H2,2H3. The Labute approximate surface area is 174 Å². The molecule has 150 valence electrons. The van der Waals surface area contributed by atoms with E-state index in [-0.39, 0.29) is 0 Å². The normalized spacial score (nSPS) is 13.2. The highest BCUT2D eigenvalue weighted by Crippen LogP contribution is 2.34. The fourth-order valence-electron chi connectivity index (χ4n) is 3.52. The van der Waals surface area contributed by atoms with Gasteiger partial charge in [-0.05, 0) is 30.7 Å². The van der Waals surface area contributed by atoms with Gasteiger partial charge in [-0.25, -0.2) is 9.37 Å². The molecule has 6 nitrogen and oxygen atoms in total. The van der Waals surface area contributed by atoms with Crippen LogP contribution in [0.1, 0.15) is 12.0 Å². The molecule has 0 saturated heterocycles. The van der Waals surface area contributed by atoms with Crippen LogP contribution in [0.25, 0.3) is 11.3 Å². The van der Waals surface area contributed by atoms with Crippen LogP contribution in [-0.4, -0.2) is 30.1 Å². The van der Waals surface area contributed by atoms with Gasteiger partial charge in [0.1, 0.15) is 11.6 Å². The van der Waals surface area contributed by atoms with Crippen molar-refractivity contribution in [1.29, 1.82) is 5.26 Å². The molecule has 0 radical (unpaired) electrons. The second-order valence-corrected chi connectivity index (χ2v) is 7.12. The maximum atomic E-state index is 13.5. The molecule has 30 heavy (non-hydrogen) atoms. The van der Waals surface area contributed by atoms with Crippen molar-refractivity contribution < 1.29 is 4.39 Å². The van der Waals surface area contributed by atoms with Crippen LogP contribution >= 0.6 is 0 Å². The summed E-state index contributed by atoms with van der Waals surface area (Å²) in [6.45, 7) is 5.75. The molecule has 0 aliphatic carbocycles. The Morgan fingerprint density at radius 1 is 1.20 bits per heavy atom. The summed E-state index contributed by atoms with van der Waals surface area (Å²) >= 11 is 0. The summed E-state index contributed by atoms with van der Waals surface area (Å²) in [6, 6.07) is 14.9. The number of aromatic nitrogens is 2. The van der Waals surface area contributed by atoms with Crippen LogP contribution in [0, 0.1) is 17.1 Å². The quantitative estimate of drug-likeness (QED) is 0.701. The lowest BCUT2D eigenvalue weighted by Gasteiger charge is -2.27. The molecule has 1 aliphatic heterocycles. The van der Waals surface area contributed by atoms with Gasteiger partial charge in [0.2, 0.25) is 0 Å². The number of halogens is 1. The van der Waals surface area contributed by atoms with Gasteiger partial charge in [0, 0.05) is 31.8 Å². The largest absolute Gasteiger partial charge is 0.372 e. The van der Waals surface area contributed by atoms with Crippen molar-refractivity contribution in [1.82, 2.24) is 9.97 Å². The smallest absolute Gasteiger partial charge is 0.158 e. The molecule has 0 bridgehead atoms. The van der Waals surface area contributed by atoms with E-state index in [0.717, 1.165) is 41.9 Å². The molecule has 3 aromatic rings. The highest BCUT2D eigenvalue weighted by molar-refractivity contribution is 5.75. The number of nitrogens with one attached hydrogen (secondary N) is 1. The Hall–Kier alpha value is -3.92. The molecule has 1 aliphatic rings. The summed E-state index contributed by atoms with van der Waals surface area (Å²) in [5.74, 6) is 0.938. The summed E-state index contributed by atoms with van der Waals surface area (Å²) in [7, 11) is 2.03. The summed E-state index contributed by atoms with van der Waals surface area (Å²) in [4.78, 5) is 13.0. The van der Waals surface area contributed by atoms with Crippen LogP contribution in [0.3, 0.4) is 0 Å². The lowest BCUT2D eigenvalue weighted by atomic mass is 10.1. The van der Waals surface area contributed by atoms with E-state index in [9.17, 15) is 9.65 Å². The van der Waals surface area contributed by atoms with Gasteiger partial charge in [-0.2, -0.15) is 5.26 Å². The maximum absolute atomic E-state index is 13.5. The summed E-state index contributed by atoms with van der Waals surface area (Å²) in [5, 5.41) is 12.4. The predicted octanol–water partition coefficient (Wildman–Crippen LogP) is 4.38. The molecule has 0 amide bonds. The molecule has 1 N–H and O–H groups in total. The highest BCUT2D eigenvalue weighted by Gasteiger charge is 2.23. The Balaban J connectivity index is 1.72. The van der Waals surface area contributed by atoms with Crippen LogP contribution in [0.5, 0.6) is 0 Å². The van der Waals surface area contributed by atoms with Crippen molar-refractivity contribution in [2.75, 3.05) is 35.3 Å². The van der Waals surface area contributed by atoms with E-state index in [4.69, 9.17) is 4.98 Å². The number of anilines is 3. The van der Waals surface area contributed by atoms with Gasteiger partial charge in [-0.15, -0.1) is 0 Å². The van der Waals surface area contributed by atoms with Crippen LogP contribution in [0.4, 0.5) is 21.6 Å². The first kappa shape index (κ1) is 19.4. The number of hydrogen-bond donors (Lipinski definition) is 1. The average molecular weight is 400 g/mol. The van der Waals surface area contributed by atoms with E-state index >= 15 is 0 Å². The van der Waals surface area contributed by atoms with E-state index in [0.29, 0.717) is 23.6 Å². The average Bonchev–Trinajstić information content (AvgIpc) is 2.92. The van der Waals surface area contributed by atoms with Crippen molar-refractivity contribution in [2.24, 2.45) is 0 Å². The SMILES string of the molecule is C=C(Nc1cncc(F)c1)N1CCCN(C)c2ccc(-c3cccc(C#N)c3)nc21. The molecule has 7 heteroatoms. The molecular weight excluding hydrogens is 379 g/mol. The topological polar surface area (TPSA) is 68.1 Å². The van der Waals surface area contributed by atoms with Crippen LogP contribution < -0.4 is 15.1 Å².